The summed E-state index contributed by atoms with van der Waals surface area (Å²) in [4.78, 5) is 15.5. The van der Waals surface area contributed by atoms with E-state index in [1.807, 2.05) is 12.1 Å². The summed E-state index contributed by atoms with van der Waals surface area (Å²) < 4.78 is 4.87. The summed E-state index contributed by atoms with van der Waals surface area (Å²) in [5, 5.41) is 9.39. The number of pyridine rings is 1. The molecule has 0 saturated heterocycles. The average molecular weight is 246 g/mol. The van der Waals surface area contributed by atoms with Crippen LogP contribution in [0.1, 0.15) is 11.3 Å². The highest BCUT2D eigenvalue weighted by molar-refractivity contribution is 5.80. The third-order valence-electron chi connectivity index (χ3n) is 2.30. The zero-order chi connectivity index (χ0) is 12.8. The molecule has 0 aromatic carbocycles. The van der Waals surface area contributed by atoms with Crippen LogP contribution in [-0.2, 0) is 11.3 Å². The Morgan fingerprint density at radius 2 is 2.17 bits per heavy atom. The first kappa shape index (κ1) is 12.1. The smallest absolute Gasteiger partial charge is 0.239 e. The van der Waals surface area contributed by atoms with Gasteiger partial charge in [-0.25, -0.2) is 0 Å². The third-order valence-corrected chi connectivity index (χ3v) is 2.30. The number of aryl methyl sites for hydroxylation is 1. The van der Waals surface area contributed by atoms with Crippen molar-refractivity contribution in [2.24, 2.45) is 0 Å². The molecule has 6 nitrogen and oxygen atoms in total. The number of aromatic nitrogens is 2. The van der Waals surface area contributed by atoms with E-state index in [0.717, 1.165) is 5.56 Å². The maximum absolute atomic E-state index is 11.5. The molecular formula is C12H14N4O2. The summed E-state index contributed by atoms with van der Waals surface area (Å²) in [5.74, 6) is 1.16. The minimum Gasteiger partial charge on any atom is -0.360 e. The molecule has 0 aliphatic heterocycles. The van der Waals surface area contributed by atoms with Crippen molar-refractivity contribution < 1.29 is 9.32 Å². The first-order valence-corrected chi connectivity index (χ1v) is 5.57. The molecule has 2 N–H and O–H groups in total. The summed E-state index contributed by atoms with van der Waals surface area (Å²) in [6.45, 7) is 2.44. The summed E-state index contributed by atoms with van der Waals surface area (Å²) in [6.07, 6.45) is 3.38. The van der Waals surface area contributed by atoms with E-state index in [1.165, 1.54) is 0 Å². The molecule has 94 valence electrons. The standard InChI is InChI=1S/C12H14N4O2/c1-9-6-11(16-18-9)14-8-12(17)15-7-10-2-4-13-5-3-10/h2-6H,7-8H2,1H3,(H,14,16)(H,15,17). The molecule has 2 heterocycles. The van der Waals surface area contributed by atoms with E-state index >= 15 is 0 Å². The largest absolute Gasteiger partial charge is 0.360 e. The lowest BCUT2D eigenvalue weighted by atomic mass is 10.3. The lowest BCUT2D eigenvalue weighted by molar-refractivity contribution is -0.119. The van der Waals surface area contributed by atoms with Crippen molar-refractivity contribution in [3.8, 4) is 0 Å². The van der Waals surface area contributed by atoms with Gasteiger partial charge in [0.05, 0.1) is 6.54 Å². The van der Waals surface area contributed by atoms with Gasteiger partial charge in [-0.2, -0.15) is 0 Å². The van der Waals surface area contributed by atoms with Crippen LogP contribution in [0.15, 0.2) is 35.1 Å². The maximum Gasteiger partial charge on any atom is 0.239 e. The van der Waals surface area contributed by atoms with Crippen LogP contribution in [0, 0.1) is 6.92 Å². The molecule has 2 aromatic heterocycles. The molecule has 0 fully saturated rings. The molecular weight excluding hydrogens is 232 g/mol. The molecule has 18 heavy (non-hydrogen) atoms. The molecule has 0 aliphatic carbocycles. The monoisotopic (exact) mass is 246 g/mol. The number of nitrogens with one attached hydrogen (secondary N) is 2. The topological polar surface area (TPSA) is 80.0 Å². The van der Waals surface area contributed by atoms with Crippen LogP contribution in [0.3, 0.4) is 0 Å². The van der Waals surface area contributed by atoms with Crippen molar-refractivity contribution in [1.29, 1.82) is 0 Å². The van der Waals surface area contributed by atoms with E-state index in [2.05, 4.69) is 20.8 Å². The van der Waals surface area contributed by atoms with Gasteiger partial charge in [-0.3, -0.25) is 9.78 Å². The number of carbonyl (C=O) groups excluding carboxylic acids is 1. The van der Waals surface area contributed by atoms with E-state index in [0.29, 0.717) is 18.1 Å². The quantitative estimate of drug-likeness (QED) is 0.826. The summed E-state index contributed by atoms with van der Waals surface area (Å²) in [5.41, 5.74) is 1.01. The van der Waals surface area contributed by atoms with Crippen LogP contribution < -0.4 is 10.6 Å². The fourth-order valence-electron chi connectivity index (χ4n) is 1.38. The van der Waals surface area contributed by atoms with Crippen molar-refractivity contribution in [2.75, 3.05) is 11.9 Å². The van der Waals surface area contributed by atoms with E-state index in [9.17, 15) is 4.79 Å². The van der Waals surface area contributed by atoms with Gasteiger partial charge in [0.1, 0.15) is 5.76 Å². The molecule has 6 heteroatoms. The van der Waals surface area contributed by atoms with Gasteiger partial charge in [-0.15, -0.1) is 0 Å². The number of hydrogen-bond acceptors (Lipinski definition) is 5. The molecule has 0 saturated carbocycles. The van der Waals surface area contributed by atoms with Crippen LogP contribution in [0.4, 0.5) is 5.82 Å². The second-order valence-electron chi connectivity index (χ2n) is 3.81. The van der Waals surface area contributed by atoms with Gasteiger partial charge in [0.15, 0.2) is 5.82 Å². The summed E-state index contributed by atoms with van der Waals surface area (Å²) in [6, 6.07) is 5.44. The molecule has 0 spiro atoms. The Balaban J connectivity index is 1.73. The molecule has 1 amide bonds. The van der Waals surface area contributed by atoms with Crippen molar-refractivity contribution in [1.82, 2.24) is 15.5 Å². The highest BCUT2D eigenvalue weighted by Crippen LogP contribution is 2.05. The fraction of sp³-hybridized carbons (Fsp3) is 0.250. The van der Waals surface area contributed by atoms with Gasteiger partial charge in [-0.1, -0.05) is 5.16 Å². The second-order valence-corrected chi connectivity index (χ2v) is 3.81. The first-order chi connectivity index (χ1) is 8.74. The summed E-state index contributed by atoms with van der Waals surface area (Å²) >= 11 is 0. The van der Waals surface area contributed by atoms with Crippen LogP contribution in [0.2, 0.25) is 0 Å². The highest BCUT2D eigenvalue weighted by atomic mass is 16.5. The van der Waals surface area contributed by atoms with E-state index in [-0.39, 0.29) is 12.5 Å². The first-order valence-electron chi connectivity index (χ1n) is 5.57. The molecule has 0 aliphatic rings. The van der Waals surface area contributed by atoms with Gasteiger partial charge in [-0.05, 0) is 24.6 Å². The lowest BCUT2D eigenvalue weighted by Crippen LogP contribution is -2.29. The van der Waals surface area contributed by atoms with Gasteiger partial charge in [0.25, 0.3) is 0 Å². The third kappa shape index (κ3) is 3.58. The van der Waals surface area contributed by atoms with Crippen molar-refractivity contribution in [3.05, 3.63) is 41.9 Å². The predicted octanol–water partition coefficient (Wildman–Crippen LogP) is 1.11. The van der Waals surface area contributed by atoms with Crippen molar-refractivity contribution in [3.63, 3.8) is 0 Å². The Kier molecular flexibility index (Phi) is 3.90. The Labute approximate surface area is 104 Å². The normalized spacial score (nSPS) is 10.1. The van der Waals surface area contributed by atoms with Gasteiger partial charge in [0.2, 0.25) is 5.91 Å². The molecule has 2 aromatic rings. The number of rotatable bonds is 5. The van der Waals surface area contributed by atoms with Crippen molar-refractivity contribution in [2.45, 2.75) is 13.5 Å². The molecule has 2 rings (SSSR count). The Bertz CT molecular complexity index is 510. The zero-order valence-corrected chi connectivity index (χ0v) is 10.0. The van der Waals surface area contributed by atoms with Gasteiger partial charge in [0, 0.05) is 25.0 Å². The molecule has 0 radical (unpaired) electrons. The van der Waals surface area contributed by atoms with Crippen LogP contribution in [0.25, 0.3) is 0 Å². The van der Waals surface area contributed by atoms with Gasteiger partial charge >= 0.3 is 0 Å². The zero-order valence-electron chi connectivity index (χ0n) is 10.0. The Morgan fingerprint density at radius 3 is 2.83 bits per heavy atom. The predicted molar refractivity (Wildman–Crippen MR) is 65.8 cm³/mol. The number of anilines is 1. The Morgan fingerprint density at radius 1 is 1.39 bits per heavy atom. The number of nitrogens with zero attached hydrogens (tertiary/aromatic N) is 2. The fourth-order valence-corrected chi connectivity index (χ4v) is 1.38. The molecule has 0 atom stereocenters. The minimum absolute atomic E-state index is 0.104. The van der Waals surface area contributed by atoms with E-state index in [4.69, 9.17) is 4.52 Å². The van der Waals surface area contributed by atoms with E-state index < -0.39 is 0 Å². The van der Waals surface area contributed by atoms with E-state index in [1.54, 1.807) is 25.4 Å². The lowest BCUT2D eigenvalue weighted by Gasteiger charge is -2.05. The van der Waals surface area contributed by atoms with Crippen molar-refractivity contribution >= 4 is 11.7 Å². The maximum atomic E-state index is 11.5. The number of carbonyl (C=O) groups is 1. The highest BCUT2D eigenvalue weighted by Gasteiger charge is 2.03. The van der Waals surface area contributed by atoms with Crippen LogP contribution in [0.5, 0.6) is 0 Å². The average Bonchev–Trinajstić information content (AvgIpc) is 2.81. The number of hydrogen-bond donors (Lipinski definition) is 2. The van der Waals surface area contributed by atoms with Crippen LogP contribution >= 0.6 is 0 Å². The minimum atomic E-state index is -0.104. The van der Waals surface area contributed by atoms with Crippen LogP contribution in [-0.4, -0.2) is 22.6 Å². The SMILES string of the molecule is Cc1cc(NCC(=O)NCc2ccncc2)no1. The molecule has 0 unspecified atom stereocenters. The Hall–Kier alpha value is -2.37. The second kappa shape index (κ2) is 5.81. The molecule has 0 bridgehead atoms. The summed E-state index contributed by atoms with van der Waals surface area (Å²) in [7, 11) is 0. The van der Waals surface area contributed by atoms with Gasteiger partial charge < -0.3 is 15.2 Å². The number of amides is 1.